The molecule has 0 saturated carbocycles. The molecule has 0 aliphatic rings. The van der Waals surface area contributed by atoms with Crippen LogP contribution in [0, 0.1) is 11.6 Å². The van der Waals surface area contributed by atoms with Gasteiger partial charge < -0.3 is 5.32 Å². The number of nitrogens with one attached hydrogen (secondary N) is 1. The SMILES string of the molecule is CCNC(c1cc(F)ccc1F)c1cc(Cl)ccc1Br. The van der Waals surface area contributed by atoms with Crippen LogP contribution in [0.4, 0.5) is 8.78 Å². The fourth-order valence-electron chi connectivity index (χ4n) is 2.06. The van der Waals surface area contributed by atoms with Crippen LogP contribution in [0.15, 0.2) is 40.9 Å². The highest BCUT2D eigenvalue weighted by Crippen LogP contribution is 2.32. The molecule has 0 bridgehead atoms. The predicted octanol–water partition coefficient (Wildman–Crippen LogP) is 5.08. The third-order valence-corrected chi connectivity index (χ3v) is 3.90. The minimum Gasteiger partial charge on any atom is -0.306 e. The molecule has 1 nitrogen and oxygen atoms in total. The Balaban J connectivity index is 2.55. The molecule has 0 aromatic heterocycles. The quantitative estimate of drug-likeness (QED) is 0.802. The second kappa shape index (κ2) is 6.66. The van der Waals surface area contributed by atoms with Gasteiger partial charge in [-0.2, -0.15) is 0 Å². The van der Waals surface area contributed by atoms with E-state index >= 15 is 0 Å². The van der Waals surface area contributed by atoms with E-state index in [1.807, 2.05) is 6.92 Å². The van der Waals surface area contributed by atoms with E-state index in [0.717, 1.165) is 22.2 Å². The Bertz CT molecular complexity index is 567. The van der Waals surface area contributed by atoms with Crippen molar-refractivity contribution in [3.63, 3.8) is 0 Å². The summed E-state index contributed by atoms with van der Waals surface area (Å²) in [5.74, 6) is -0.924. The highest BCUT2D eigenvalue weighted by molar-refractivity contribution is 9.10. The maximum absolute atomic E-state index is 14.0. The van der Waals surface area contributed by atoms with Gasteiger partial charge in [-0.15, -0.1) is 0 Å². The summed E-state index contributed by atoms with van der Waals surface area (Å²) >= 11 is 9.43. The van der Waals surface area contributed by atoms with Crippen LogP contribution >= 0.6 is 27.5 Å². The summed E-state index contributed by atoms with van der Waals surface area (Å²) in [6.45, 7) is 2.52. The fraction of sp³-hybridized carbons (Fsp3) is 0.200. The number of halogens is 4. The number of benzene rings is 2. The summed E-state index contributed by atoms with van der Waals surface area (Å²) < 4.78 is 28.2. The molecule has 0 heterocycles. The van der Waals surface area contributed by atoms with Crippen LogP contribution < -0.4 is 5.32 Å². The Morgan fingerprint density at radius 3 is 2.60 bits per heavy atom. The molecule has 1 unspecified atom stereocenters. The molecule has 5 heteroatoms. The van der Waals surface area contributed by atoms with Gasteiger partial charge in [-0.05, 0) is 48.5 Å². The molecule has 2 aromatic rings. The van der Waals surface area contributed by atoms with Gasteiger partial charge in [0.2, 0.25) is 0 Å². The summed E-state index contributed by atoms with van der Waals surface area (Å²) in [5, 5.41) is 3.70. The molecule has 106 valence electrons. The Hall–Kier alpha value is -0.970. The van der Waals surface area contributed by atoms with Gasteiger partial charge in [0.05, 0.1) is 6.04 Å². The average Bonchev–Trinajstić information content (AvgIpc) is 2.42. The molecule has 2 aromatic carbocycles. The van der Waals surface area contributed by atoms with Crippen LogP contribution in [-0.4, -0.2) is 6.54 Å². The van der Waals surface area contributed by atoms with E-state index in [9.17, 15) is 8.78 Å². The lowest BCUT2D eigenvalue weighted by atomic mass is 9.98. The maximum atomic E-state index is 14.0. The summed E-state index contributed by atoms with van der Waals surface area (Å²) in [5.41, 5.74) is 1.03. The van der Waals surface area contributed by atoms with Crippen molar-refractivity contribution in [2.75, 3.05) is 6.54 Å². The minimum absolute atomic E-state index is 0.259. The molecule has 0 fully saturated rings. The van der Waals surface area contributed by atoms with E-state index in [2.05, 4.69) is 21.2 Å². The van der Waals surface area contributed by atoms with E-state index in [1.165, 1.54) is 6.07 Å². The smallest absolute Gasteiger partial charge is 0.128 e. The highest BCUT2D eigenvalue weighted by atomic mass is 79.9. The van der Waals surface area contributed by atoms with Crippen LogP contribution in [0.25, 0.3) is 0 Å². The third kappa shape index (κ3) is 3.37. The lowest BCUT2D eigenvalue weighted by Crippen LogP contribution is -2.23. The van der Waals surface area contributed by atoms with Gasteiger partial charge in [-0.25, -0.2) is 8.78 Å². The largest absolute Gasteiger partial charge is 0.306 e. The van der Waals surface area contributed by atoms with Gasteiger partial charge in [0.25, 0.3) is 0 Å². The van der Waals surface area contributed by atoms with Crippen molar-refractivity contribution >= 4 is 27.5 Å². The highest BCUT2D eigenvalue weighted by Gasteiger charge is 2.20. The maximum Gasteiger partial charge on any atom is 0.128 e. The first-order valence-corrected chi connectivity index (χ1v) is 7.33. The first-order valence-electron chi connectivity index (χ1n) is 6.16. The van der Waals surface area contributed by atoms with E-state index < -0.39 is 17.7 Å². The van der Waals surface area contributed by atoms with Gasteiger partial charge in [-0.3, -0.25) is 0 Å². The summed E-state index contributed by atoms with van der Waals surface area (Å²) in [7, 11) is 0. The van der Waals surface area contributed by atoms with Crippen LogP contribution in [0.2, 0.25) is 5.02 Å². The van der Waals surface area contributed by atoms with Crippen molar-refractivity contribution in [2.24, 2.45) is 0 Å². The molecular formula is C15H13BrClF2N. The lowest BCUT2D eigenvalue weighted by molar-refractivity contribution is 0.544. The van der Waals surface area contributed by atoms with E-state index in [4.69, 9.17) is 11.6 Å². The Labute approximate surface area is 130 Å². The van der Waals surface area contributed by atoms with Crippen LogP contribution in [0.1, 0.15) is 24.1 Å². The summed E-state index contributed by atoms with van der Waals surface area (Å²) in [6, 6.07) is 8.24. The normalized spacial score (nSPS) is 12.4. The van der Waals surface area contributed by atoms with Crippen LogP contribution in [0.3, 0.4) is 0 Å². The van der Waals surface area contributed by atoms with Crippen molar-refractivity contribution in [1.29, 1.82) is 0 Å². The topological polar surface area (TPSA) is 12.0 Å². The van der Waals surface area contributed by atoms with Crippen LogP contribution in [-0.2, 0) is 0 Å². The number of hydrogen-bond donors (Lipinski definition) is 1. The molecular weight excluding hydrogens is 348 g/mol. The van der Waals surface area contributed by atoms with E-state index in [0.29, 0.717) is 11.6 Å². The van der Waals surface area contributed by atoms with Crippen molar-refractivity contribution in [2.45, 2.75) is 13.0 Å². The lowest BCUT2D eigenvalue weighted by Gasteiger charge is -2.21. The average molecular weight is 361 g/mol. The van der Waals surface area contributed by atoms with Gasteiger partial charge in [0.15, 0.2) is 0 Å². The fourth-order valence-corrected chi connectivity index (χ4v) is 2.72. The second-order valence-electron chi connectivity index (χ2n) is 4.32. The zero-order valence-electron chi connectivity index (χ0n) is 10.8. The molecule has 0 aliphatic heterocycles. The monoisotopic (exact) mass is 359 g/mol. The molecule has 2 rings (SSSR count). The van der Waals surface area contributed by atoms with E-state index in [1.54, 1.807) is 18.2 Å². The van der Waals surface area contributed by atoms with E-state index in [-0.39, 0.29) is 5.56 Å². The third-order valence-electron chi connectivity index (χ3n) is 2.95. The Morgan fingerprint density at radius 2 is 1.90 bits per heavy atom. The molecule has 0 amide bonds. The van der Waals surface area contributed by atoms with Crippen molar-refractivity contribution in [3.05, 3.63) is 68.7 Å². The molecule has 0 spiro atoms. The Morgan fingerprint density at radius 1 is 1.15 bits per heavy atom. The van der Waals surface area contributed by atoms with Crippen molar-refractivity contribution in [3.8, 4) is 0 Å². The van der Waals surface area contributed by atoms with Gasteiger partial charge in [0, 0.05) is 15.1 Å². The summed E-state index contributed by atoms with van der Waals surface area (Å²) in [6.07, 6.45) is 0. The minimum atomic E-state index is -0.470. The Kier molecular flexibility index (Phi) is 5.13. The molecule has 1 atom stereocenters. The van der Waals surface area contributed by atoms with Gasteiger partial charge in [0.1, 0.15) is 11.6 Å². The molecule has 0 saturated heterocycles. The van der Waals surface area contributed by atoms with Crippen LogP contribution in [0.5, 0.6) is 0 Å². The number of hydrogen-bond acceptors (Lipinski definition) is 1. The number of rotatable bonds is 4. The molecule has 20 heavy (non-hydrogen) atoms. The summed E-state index contributed by atoms with van der Waals surface area (Å²) in [4.78, 5) is 0. The van der Waals surface area contributed by atoms with Crippen molar-refractivity contribution < 1.29 is 8.78 Å². The molecule has 0 radical (unpaired) electrons. The standard InChI is InChI=1S/C15H13BrClF2N/c1-2-20-15(11-7-9(17)3-5-13(11)16)12-8-10(18)4-6-14(12)19/h3-8,15,20H,2H2,1H3. The second-order valence-corrected chi connectivity index (χ2v) is 5.61. The van der Waals surface area contributed by atoms with Gasteiger partial charge in [-0.1, -0.05) is 34.5 Å². The molecule has 1 N–H and O–H groups in total. The first-order chi connectivity index (χ1) is 9.52. The van der Waals surface area contributed by atoms with Gasteiger partial charge >= 0.3 is 0 Å². The van der Waals surface area contributed by atoms with Crippen molar-refractivity contribution in [1.82, 2.24) is 5.32 Å². The zero-order chi connectivity index (χ0) is 14.7. The molecule has 0 aliphatic carbocycles. The predicted molar refractivity (Wildman–Crippen MR) is 81.0 cm³/mol. The first kappa shape index (κ1) is 15.4. The zero-order valence-corrected chi connectivity index (χ0v) is 13.1.